The van der Waals surface area contributed by atoms with Crippen molar-refractivity contribution in [1.82, 2.24) is 14.9 Å². The van der Waals surface area contributed by atoms with Gasteiger partial charge in [-0.25, -0.2) is 14.2 Å². The van der Waals surface area contributed by atoms with Gasteiger partial charge in [0.15, 0.2) is 5.60 Å². The lowest BCUT2D eigenvalue weighted by atomic mass is 9.79. The van der Waals surface area contributed by atoms with E-state index in [2.05, 4.69) is 5.32 Å². The topological polar surface area (TPSA) is 131 Å². The molecular weight excluding hydrogens is 505 g/mol. The first-order valence-electron chi connectivity index (χ1n) is 13.4. The summed E-state index contributed by atoms with van der Waals surface area (Å²) in [6.45, 7) is 3.33. The van der Waals surface area contributed by atoms with Gasteiger partial charge in [0.1, 0.15) is 12.4 Å². The van der Waals surface area contributed by atoms with Gasteiger partial charge in [0.25, 0.3) is 5.56 Å². The van der Waals surface area contributed by atoms with Gasteiger partial charge in [0, 0.05) is 22.6 Å². The van der Waals surface area contributed by atoms with Gasteiger partial charge < -0.3 is 24.8 Å². The van der Waals surface area contributed by atoms with Crippen LogP contribution in [0.4, 0.5) is 4.39 Å². The molecule has 7 rings (SSSR count). The number of carbonyl (C=O) groups is 2. The minimum atomic E-state index is -1.95. The molecule has 1 aromatic carbocycles. The summed E-state index contributed by atoms with van der Waals surface area (Å²) in [4.78, 5) is 44.1. The first kappa shape index (κ1) is 24.4. The highest BCUT2D eigenvalue weighted by atomic mass is 19.1. The Hall–Kier alpha value is -3.63. The SMILES string of the molecule is CC[C@@]1(O)C(=O)OCc2c1cc1n(c2=O)Cc2c-1nc1cc(F)c(C)c3c1c2[C@@H](NC(=O)C1CCC1O)CC3. The van der Waals surface area contributed by atoms with Crippen LogP contribution in [0, 0.1) is 18.7 Å². The Morgan fingerprint density at radius 3 is 2.72 bits per heavy atom. The minimum Gasteiger partial charge on any atom is -0.458 e. The summed E-state index contributed by atoms with van der Waals surface area (Å²) < 4.78 is 21.7. The molecule has 3 N–H and O–H groups in total. The summed E-state index contributed by atoms with van der Waals surface area (Å²) in [6, 6.07) is 2.61. The lowest BCUT2D eigenvalue weighted by molar-refractivity contribution is -0.172. The Morgan fingerprint density at radius 2 is 2.03 bits per heavy atom. The van der Waals surface area contributed by atoms with E-state index in [4.69, 9.17) is 9.72 Å². The fourth-order valence-corrected chi connectivity index (χ4v) is 6.77. The summed E-state index contributed by atoms with van der Waals surface area (Å²) >= 11 is 0. The molecule has 4 aliphatic rings. The number of nitrogens with one attached hydrogen (secondary N) is 1. The molecule has 4 atom stereocenters. The third kappa shape index (κ3) is 3.18. The van der Waals surface area contributed by atoms with Crippen LogP contribution in [0.5, 0.6) is 0 Å². The molecule has 202 valence electrons. The van der Waals surface area contributed by atoms with Crippen LogP contribution in [-0.2, 0) is 39.5 Å². The largest absolute Gasteiger partial charge is 0.458 e. The number of rotatable bonds is 3. The molecule has 0 saturated heterocycles. The van der Waals surface area contributed by atoms with Crippen molar-refractivity contribution in [2.24, 2.45) is 5.92 Å². The number of hydrogen-bond donors (Lipinski definition) is 3. The third-order valence-electron chi connectivity index (χ3n) is 9.27. The van der Waals surface area contributed by atoms with Crippen LogP contribution in [0.25, 0.3) is 22.3 Å². The molecule has 39 heavy (non-hydrogen) atoms. The number of aliphatic hydroxyl groups excluding tert-OH is 1. The molecule has 2 unspecified atom stereocenters. The highest BCUT2D eigenvalue weighted by molar-refractivity contribution is 5.94. The number of esters is 1. The Kier molecular flexibility index (Phi) is 5.13. The van der Waals surface area contributed by atoms with Gasteiger partial charge in [-0.05, 0) is 61.8 Å². The zero-order chi connectivity index (χ0) is 27.4. The molecule has 2 aromatic heterocycles. The summed E-state index contributed by atoms with van der Waals surface area (Å²) in [7, 11) is 0. The molecule has 1 amide bonds. The quantitative estimate of drug-likeness (QED) is 0.345. The number of aromatic nitrogens is 2. The number of ether oxygens (including phenoxy) is 1. The smallest absolute Gasteiger partial charge is 0.343 e. The maximum atomic E-state index is 15.0. The van der Waals surface area contributed by atoms with E-state index in [1.54, 1.807) is 24.5 Å². The minimum absolute atomic E-state index is 0.0277. The number of aliphatic hydroxyl groups is 2. The Morgan fingerprint density at radius 1 is 1.23 bits per heavy atom. The van der Waals surface area contributed by atoms with E-state index in [0.717, 1.165) is 22.1 Å². The maximum absolute atomic E-state index is 15.0. The number of nitrogens with zero attached hydrogens (tertiary/aromatic N) is 2. The van der Waals surface area contributed by atoms with Crippen LogP contribution in [0.1, 0.15) is 72.0 Å². The Balaban J connectivity index is 1.46. The second-order valence-corrected chi connectivity index (χ2v) is 11.2. The molecule has 4 heterocycles. The first-order chi connectivity index (χ1) is 18.6. The molecule has 3 aromatic rings. The monoisotopic (exact) mass is 533 g/mol. The van der Waals surface area contributed by atoms with Crippen LogP contribution in [0.2, 0.25) is 0 Å². The fraction of sp³-hybridized carbons (Fsp3) is 0.448. The second-order valence-electron chi connectivity index (χ2n) is 11.2. The number of carbonyl (C=O) groups excluding carboxylic acids is 2. The van der Waals surface area contributed by atoms with Gasteiger partial charge in [0.05, 0.1) is 47.1 Å². The van der Waals surface area contributed by atoms with Crippen LogP contribution in [-0.4, -0.2) is 37.7 Å². The van der Waals surface area contributed by atoms with Crippen molar-refractivity contribution in [3.63, 3.8) is 0 Å². The standard InChI is InChI=1S/C29H28FN3O6/c1-3-29(38)17-8-21-25-15(10-33(21)27(36)16(17)11-39-28(29)37)24-19(32-26(35)14-5-7-22(14)34)6-4-13-12(2)18(30)9-20(31-25)23(13)24/h8-9,14,19,22,34,38H,3-7,10-11H2,1-2H3,(H,32,35)/t14?,19-,22?,29-/m0/s1. The number of cyclic esters (lactones) is 1. The van der Waals surface area contributed by atoms with E-state index in [9.17, 15) is 24.6 Å². The van der Waals surface area contributed by atoms with Gasteiger partial charge in [-0.1, -0.05) is 6.92 Å². The molecule has 1 saturated carbocycles. The number of benzene rings is 1. The normalized spacial score (nSPS) is 26.4. The van der Waals surface area contributed by atoms with Crippen LogP contribution >= 0.6 is 0 Å². The van der Waals surface area contributed by atoms with E-state index >= 15 is 4.39 Å². The number of aryl methyl sites for hydroxylation is 1. The molecule has 0 radical (unpaired) electrons. The predicted octanol–water partition coefficient (Wildman–Crippen LogP) is 2.40. The molecule has 10 heteroatoms. The predicted molar refractivity (Wildman–Crippen MR) is 137 cm³/mol. The molecular formula is C29H28FN3O6. The molecule has 1 fully saturated rings. The number of fused-ring (bicyclic) bond motifs is 5. The van der Waals surface area contributed by atoms with E-state index in [1.807, 2.05) is 0 Å². The van der Waals surface area contributed by atoms with Crippen LogP contribution < -0.4 is 10.9 Å². The zero-order valence-corrected chi connectivity index (χ0v) is 21.6. The van der Waals surface area contributed by atoms with Gasteiger partial charge in [-0.3, -0.25) is 9.59 Å². The van der Waals surface area contributed by atoms with E-state index in [0.29, 0.717) is 48.2 Å². The van der Waals surface area contributed by atoms with Crippen molar-refractivity contribution in [2.75, 3.05) is 0 Å². The zero-order valence-electron chi connectivity index (χ0n) is 21.6. The van der Waals surface area contributed by atoms with Crippen molar-refractivity contribution >= 4 is 22.8 Å². The number of hydrogen-bond acceptors (Lipinski definition) is 7. The lowest BCUT2D eigenvalue weighted by Gasteiger charge is -2.35. The number of pyridine rings is 2. The van der Waals surface area contributed by atoms with Gasteiger partial charge in [-0.15, -0.1) is 0 Å². The number of amides is 1. The Labute approximate surface area is 222 Å². The average Bonchev–Trinajstić information content (AvgIpc) is 3.28. The maximum Gasteiger partial charge on any atom is 0.343 e. The summed E-state index contributed by atoms with van der Waals surface area (Å²) in [6.07, 6.45) is 1.68. The fourth-order valence-electron chi connectivity index (χ4n) is 6.77. The molecule has 0 bridgehead atoms. The molecule has 0 spiro atoms. The molecule has 2 aliphatic carbocycles. The highest BCUT2D eigenvalue weighted by Gasteiger charge is 2.46. The van der Waals surface area contributed by atoms with E-state index in [1.165, 1.54) is 6.07 Å². The molecule has 2 aliphatic heterocycles. The van der Waals surface area contributed by atoms with Crippen molar-refractivity contribution in [3.05, 3.63) is 61.7 Å². The average molecular weight is 534 g/mol. The van der Waals surface area contributed by atoms with E-state index < -0.39 is 29.6 Å². The van der Waals surface area contributed by atoms with Crippen molar-refractivity contribution < 1.29 is 28.9 Å². The molecule has 9 nitrogen and oxygen atoms in total. The second kappa shape index (κ2) is 8.19. The summed E-state index contributed by atoms with van der Waals surface area (Å²) in [5, 5.41) is 25.2. The van der Waals surface area contributed by atoms with E-state index in [-0.39, 0.29) is 48.0 Å². The van der Waals surface area contributed by atoms with Crippen molar-refractivity contribution in [1.29, 1.82) is 0 Å². The van der Waals surface area contributed by atoms with Crippen LogP contribution in [0.3, 0.4) is 0 Å². The van der Waals surface area contributed by atoms with Crippen molar-refractivity contribution in [2.45, 2.75) is 76.9 Å². The van der Waals surface area contributed by atoms with Gasteiger partial charge in [0.2, 0.25) is 5.91 Å². The number of halogens is 1. The Bertz CT molecular complexity index is 1700. The lowest BCUT2D eigenvalue weighted by Crippen LogP contribution is -2.45. The van der Waals surface area contributed by atoms with Crippen LogP contribution in [0.15, 0.2) is 16.9 Å². The van der Waals surface area contributed by atoms with Crippen molar-refractivity contribution in [3.8, 4) is 11.4 Å². The van der Waals surface area contributed by atoms with Gasteiger partial charge in [-0.2, -0.15) is 0 Å². The first-order valence-corrected chi connectivity index (χ1v) is 13.4. The van der Waals surface area contributed by atoms with Gasteiger partial charge >= 0.3 is 5.97 Å². The summed E-state index contributed by atoms with van der Waals surface area (Å²) in [5.74, 6) is -1.85. The highest BCUT2D eigenvalue weighted by Crippen LogP contribution is 2.46. The third-order valence-corrected chi connectivity index (χ3v) is 9.27. The summed E-state index contributed by atoms with van der Waals surface area (Å²) in [5.41, 5.74) is 2.35.